The number of hydrogen-bond acceptors (Lipinski definition) is 3. The van der Waals surface area contributed by atoms with Gasteiger partial charge in [0.15, 0.2) is 0 Å². The molecule has 0 aliphatic heterocycles. The number of aromatic hydroxyl groups is 1. The van der Waals surface area contributed by atoms with Crippen molar-refractivity contribution < 1.29 is 15.0 Å². The monoisotopic (exact) mass is 559 g/mol. The maximum Gasteiger partial charge on any atom is 0.322 e. The molecular formula is C9H8I3NO3. The van der Waals surface area contributed by atoms with Gasteiger partial charge in [0, 0.05) is 55.7 Å². The van der Waals surface area contributed by atoms with Crippen LogP contribution < -0.4 is 0 Å². The number of halogens is 3. The molecule has 1 aromatic rings. The summed E-state index contributed by atoms with van der Waals surface area (Å²) in [4.78, 5) is 11.0. The van der Waals surface area contributed by atoms with Gasteiger partial charge in [0.25, 0.3) is 0 Å². The Morgan fingerprint density at radius 3 is 2.50 bits per heavy atom. The molecule has 0 aromatic heterocycles. The van der Waals surface area contributed by atoms with E-state index in [4.69, 9.17) is 5.11 Å². The van der Waals surface area contributed by atoms with Gasteiger partial charge in [-0.1, -0.05) is 6.07 Å². The van der Waals surface area contributed by atoms with Gasteiger partial charge in [0.1, 0.15) is 11.8 Å². The molecule has 0 saturated heterocycles. The average Bonchev–Trinajstić information content (AvgIpc) is 2.15. The highest BCUT2D eigenvalue weighted by Gasteiger charge is 2.23. The minimum absolute atomic E-state index is 0.195. The zero-order chi connectivity index (χ0) is 12.3. The molecule has 0 heterocycles. The second kappa shape index (κ2) is 6.54. The Morgan fingerprint density at radius 2 is 2.06 bits per heavy atom. The van der Waals surface area contributed by atoms with E-state index in [1.807, 2.05) is 45.7 Å². The Bertz CT molecular complexity index is 398. The molecule has 0 amide bonds. The number of rotatable bonds is 4. The number of hydrogen-bond donors (Lipinski definition) is 2. The van der Waals surface area contributed by atoms with Gasteiger partial charge in [-0.15, -0.1) is 0 Å². The lowest BCUT2D eigenvalue weighted by molar-refractivity contribution is -0.139. The molecule has 0 radical (unpaired) electrons. The number of carbonyl (C=O) groups is 1. The lowest BCUT2D eigenvalue weighted by Crippen LogP contribution is -2.31. The molecule has 0 saturated carbocycles. The molecule has 0 unspecified atom stereocenters. The van der Waals surface area contributed by atoms with Crippen LogP contribution in [0.5, 0.6) is 5.75 Å². The Kier molecular flexibility index (Phi) is 6.01. The van der Waals surface area contributed by atoms with Crippen molar-refractivity contribution in [1.82, 2.24) is 1.33 Å². The fourth-order valence-corrected chi connectivity index (χ4v) is 2.74. The quantitative estimate of drug-likeness (QED) is 0.441. The summed E-state index contributed by atoms with van der Waals surface area (Å²) in [5.74, 6) is -0.659. The first-order chi connectivity index (χ1) is 7.41. The molecule has 1 atom stereocenters. The van der Waals surface area contributed by atoms with Gasteiger partial charge in [-0.3, -0.25) is 4.79 Å². The Hall–Kier alpha value is 0.640. The minimum atomic E-state index is -0.854. The van der Waals surface area contributed by atoms with Gasteiger partial charge in [-0.2, -0.15) is 1.33 Å². The normalized spacial score (nSPS) is 12.8. The molecular weight excluding hydrogens is 551 g/mol. The SMILES string of the molecule is O=C(O)[C@H](Cc1ccc(O)cc1I)N(I)I. The topological polar surface area (TPSA) is 60.8 Å². The summed E-state index contributed by atoms with van der Waals surface area (Å²) in [7, 11) is 0. The summed E-state index contributed by atoms with van der Waals surface area (Å²) in [6.45, 7) is 0. The van der Waals surface area contributed by atoms with E-state index < -0.39 is 12.0 Å². The standard InChI is InChI=1S/C9H8I3NO3/c10-7-4-6(14)2-1-5(7)3-8(9(15)16)13(11)12/h1-2,4,8,14H,3H2,(H,15,16)/t8-/m0/s1. The molecule has 0 aliphatic rings. The first-order valence-electron chi connectivity index (χ1n) is 4.23. The number of carboxylic acids is 1. The molecule has 0 aliphatic carbocycles. The summed E-state index contributed by atoms with van der Waals surface area (Å²) < 4.78 is 2.49. The van der Waals surface area contributed by atoms with E-state index in [0.717, 1.165) is 9.13 Å². The summed E-state index contributed by atoms with van der Waals surface area (Å²) in [5.41, 5.74) is 0.920. The maximum atomic E-state index is 11.0. The summed E-state index contributed by atoms with van der Waals surface area (Å²) in [6, 6.07) is 4.38. The van der Waals surface area contributed by atoms with Crippen molar-refractivity contribution in [3.05, 3.63) is 27.3 Å². The highest BCUT2D eigenvalue weighted by atomic mass is 127. The van der Waals surface area contributed by atoms with Crippen LogP contribution >= 0.6 is 68.3 Å². The second-order valence-electron chi connectivity index (χ2n) is 3.09. The molecule has 88 valence electrons. The molecule has 7 heteroatoms. The van der Waals surface area contributed by atoms with Crippen LogP contribution in [0.15, 0.2) is 18.2 Å². The minimum Gasteiger partial charge on any atom is -0.508 e. The predicted molar refractivity (Wildman–Crippen MR) is 85.8 cm³/mol. The van der Waals surface area contributed by atoms with Gasteiger partial charge < -0.3 is 10.2 Å². The van der Waals surface area contributed by atoms with Crippen LogP contribution in [-0.4, -0.2) is 23.6 Å². The van der Waals surface area contributed by atoms with Crippen molar-refractivity contribution >= 4 is 74.3 Å². The fraction of sp³-hybridized carbons (Fsp3) is 0.222. The Labute approximate surface area is 135 Å². The van der Waals surface area contributed by atoms with Crippen molar-refractivity contribution in [3.8, 4) is 5.75 Å². The number of carboxylic acid groups (broad SMARTS) is 1. The van der Waals surface area contributed by atoms with Gasteiger partial charge in [-0.05, 0) is 40.3 Å². The van der Waals surface area contributed by atoms with E-state index in [-0.39, 0.29) is 5.75 Å². The van der Waals surface area contributed by atoms with E-state index in [1.165, 1.54) is 0 Å². The van der Waals surface area contributed by atoms with Gasteiger partial charge in [-0.25, -0.2) is 0 Å². The molecule has 0 bridgehead atoms. The van der Waals surface area contributed by atoms with Crippen molar-refractivity contribution in [2.75, 3.05) is 0 Å². The zero-order valence-electron chi connectivity index (χ0n) is 7.90. The molecule has 1 rings (SSSR count). The van der Waals surface area contributed by atoms with Crippen LogP contribution in [0.4, 0.5) is 0 Å². The first-order valence-corrected chi connectivity index (χ1v) is 7.23. The first kappa shape index (κ1) is 14.7. The highest BCUT2D eigenvalue weighted by Crippen LogP contribution is 2.23. The van der Waals surface area contributed by atoms with E-state index in [9.17, 15) is 9.90 Å². The number of phenols is 1. The average molecular weight is 559 g/mol. The van der Waals surface area contributed by atoms with E-state index in [2.05, 4.69) is 22.6 Å². The summed E-state index contributed by atoms with van der Waals surface area (Å²) >= 11 is 5.99. The lowest BCUT2D eigenvalue weighted by Gasteiger charge is -2.16. The Balaban J connectivity index is 2.90. The van der Waals surface area contributed by atoms with Gasteiger partial charge >= 0.3 is 5.97 Å². The second-order valence-corrected chi connectivity index (χ2v) is 8.18. The van der Waals surface area contributed by atoms with E-state index >= 15 is 0 Å². The third kappa shape index (κ3) is 4.14. The number of benzene rings is 1. The third-order valence-corrected chi connectivity index (χ3v) is 4.32. The Morgan fingerprint density at radius 1 is 1.44 bits per heavy atom. The molecule has 0 fully saturated rings. The molecule has 4 nitrogen and oxygen atoms in total. The fourth-order valence-electron chi connectivity index (χ4n) is 1.15. The highest BCUT2D eigenvalue weighted by molar-refractivity contribution is 14.2. The van der Waals surface area contributed by atoms with Crippen molar-refractivity contribution in [1.29, 1.82) is 0 Å². The van der Waals surface area contributed by atoms with Crippen molar-refractivity contribution in [2.24, 2.45) is 0 Å². The predicted octanol–water partition coefficient (Wildman–Crippen LogP) is 2.99. The summed E-state index contributed by atoms with van der Waals surface area (Å²) in [5, 5.41) is 18.3. The van der Waals surface area contributed by atoms with E-state index in [0.29, 0.717) is 6.42 Å². The van der Waals surface area contributed by atoms with Crippen molar-refractivity contribution in [2.45, 2.75) is 12.5 Å². The van der Waals surface area contributed by atoms with Crippen molar-refractivity contribution in [3.63, 3.8) is 0 Å². The van der Waals surface area contributed by atoms with Gasteiger partial charge in [0.05, 0.1) is 0 Å². The largest absolute Gasteiger partial charge is 0.508 e. The number of aliphatic carboxylic acids is 1. The third-order valence-electron chi connectivity index (χ3n) is 1.97. The van der Waals surface area contributed by atoms with Gasteiger partial charge in [0.2, 0.25) is 0 Å². The maximum absolute atomic E-state index is 11.0. The molecule has 2 N–H and O–H groups in total. The van der Waals surface area contributed by atoms with Crippen LogP contribution in [0.2, 0.25) is 0 Å². The summed E-state index contributed by atoms with van der Waals surface area (Å²) in [6.07, 6.45) is 0.416. The molecule has 1 aromatic carbocycles. The zero-order valence-corrected chi connectivity index (χ0v) is 14.4. The lowest BCUT2D eigenvalue weighted by atomic mass is 10.1. The number of nitrogens with zero attached hydrogens (tertiary/aromatic N) is 1. The smallest absolute Gasteiger partial charge is 0.322 e. The van der Waals surface area contributed by atoms with Crippen LogP contribution in [0.1, 0.15) is 5.56 Å². The van der Waals surface area contributed by atoms with Crippen LogP contribution in [-0.2, 0) is 11.2 Å². The van der Waals surface area contributed by atoms with E-state index in [1.54, 1.807) is 19.5 Å². The van der Waals surface area contributed by atoms with Crippen LogP contribution in [0, 0.1) is 3.57 Å². The van der Waals surface area contributed by atoms with Crippen LogP contribution in [0.25, 0.3) is 0 Å². The van der Waals surface area contributed by atoms with Crippen LogP contribution in [0.3, 0.4) is 0 Å². The number of phenolic OH excluding ortho intramolecular Hbond substituents is 1. The molecule has 16 heavy (non-hydrogen) atoms. The molecule has 0 spiro atoms.